The van der Waals surface area contributed by atoms with Crippen LogP contribution in [0.4, 0.5) is 20.3 Å². The summed E-state index contributed by atoms with van der Waals surface area (Å²) in [5.41, 5.74) is 1.64. The van der Waals surface area contributed by atoms with Crippen molar-refractivity contribution < 1.29 is 17.2 Å². The van der Waals surface area contributed by atoms with Crippen molar-refractivity contribution in [3.8, 4) is 0 Å². The van der Waals surface area contributed by atoms with E-state index >= 15 is 0 Å². The van der Waals surface area contributed by atoms with E-state index in [1.165, 1.54) is 18.3 Å². The van der Waals surface area contributed by atoms with Gasteiger partial charge in [0.05, 0.1) is 17.9 Å². The van der Waals surface area contributed by atoms with Gasteiger partial charge < -0.3 is 5.32 Å². The summed E-state index contributed by atoms with van der Waals surface area (Å²) in [5, 5.41) is 3.05. The molecule has 9 heteroatoms. The summed E-state index contributed by atoms with van der Waals surface area (Å²) in [6, 6.07) is 11.3. The fourth-order valence-electron chi connectivity index (χ4n) is 2.30. The lowest BCUT2D eigenvalue weighted by molar-refractivity contribution is 0.509. The molecule has 140 valence electrons. The van der Waals surface area contributed by atoms with E-state index < -0.39 is 21.7 Å². The third kappa shape index (κ3) is 4.76. The Hall–Kier alpha value is -3.07. The van der Waals surface area contributed by atoms with E-state index in [2.05, 4.69) is 20.0 Å². The number of pyridine rings is 2. The molecule has 0 bridgehead atoms. The lowest BCUT2D eigenvalue weighted by atomic mass is 10.3. The SMILES string of the molecule is Cc1cccc(CNc2ccc(S(=O)(=O)Nc3ccc(F)c(F)c3)cn2)n1. The van der Waals surface area contributed by atoms with Crippen molar-refractivity contribution in [1.82, 2.24) is 9.97 Å². The van der Waals surface area contributed by atoms with Gasteiger partial charge in [-0.05, 0) is 43.3 Å². The molecule has 0 amide bonds. The first kappa shape index (κ1) is 18.7. The summed E-state index contributed by atoms with van der Waals surface area (Å²) in [6.07, 6.45) is 1.17. The van der Waals surface area contributed by atoms with E-state index in [1.807, 2.05) is 25.1 Å². The average molecular weight is 390 g/mol. The second-order valence-electron chi connectivity index (χ2n) is 5.74. The molecule has 1 aromatic carbocycles. The minimum atomic E-state index is -3.97. The zero-order chi connectivity index (χ0) is 19.4. The first-order valence-electron chi connectivity index (χ1n) is 7.94. The van der Waals surface area contributed by atoms with E-state index in [0.29, 0.717) is 12.4 Å². The molecule has 0 aliphatic carbocycles. The van der Waals surface area contributed by atoms with Crippen molar-refractivity contribution in [2.75, 3.05) is 10.0 Å². The standard InChI is InChI=1S/C18H16F2N4O2S/c1-12-3-2-4-14(23-12)10-21-18-8-6-15(11-22-18)27(25,26)24-13-5-7-16(19)17(20)9-13/h2-9,11,24H,10H2,1H3,(H,21,22). The Morgan fingerprint density at radius 2 is 1.85 bits per heavy atom. The number of benzene rings is 1. The number of hydrogen-bond acceptors (Lipinski definition) is 5. The summed E-state index contributed by atoms with van der Waals surface area (Å²) < 4.78 is 53.0. The Morgan fingerprint density at radius 3 is 2.52 bits per heavy atom. The van der Waals surface area contributed by atoms with Gasteiger partial charge in [-0.2, -0.15) is 0 Å². The number of aromatic nitrogens is 2. The van der Waals surface area contributed by atoms with Crippen LogP contribution in [-0.4, -0.2) is 18.4 Å². The number of rotatable bonds is 6. The maximum atomic E-state index is 13.2. The summed E-state index contributed by atoms with van der Waals surface area (Å²) in [7, 11) is -3.97. The van der Waals surface area contributed by atoms with Gasteiger partial charge in [0.2, 0.25) is 0 Å². The minimum Gasteiger partial charge on any atom is -0.364 e. The van der Waals surface area contributed by atoms with Crippen LogP contribution < -0.4 is 10.0 Å². The third-order valence-corrected chi connectivity index (χ3v) is 4.98. The Bertz CT molecular complexity index is 1060. The largest absolute Gasteiger partial charge is 0.364 e. The lowest BCUT2D eigenvalue weighted by Gasteiger charge is -2.09. The van der Waals surface area contributed by atoms with Crippen LogP contribution in [0.25, 0.3) is 0 Å². The summed E-state index contributed by atoms with van der Waals surface area (Å²) in [4.78, 5) is 8.31. The maximum absolute atomic E-state index is 13.2. The van der Waals surface area contributed by atoms with Crippen LogP contribution in [0.5, 0.6) is 0 Å². The topological polar surface area (TPSA) is 84.0 Å². The number of nitrogens with one attached hydrogen (secondary N) is 2. The first-order valence-corrected chi connectivity index (χ1v) is 9.42. The molecule has 3 aromatic rings. The highest BCUT2D eigenvalue weighted by atomic mass is 32.2. The highest BCUT2D eigenvalue weighted by Gasteiger charge is 2.16. The molecule has 6 nitrogen and oxygen atoms in total. The second-order valence-corrected chi connectivity index (χ2v) is 7.42. The predicted octanol–water partition coefficient (Wildman–Crippen LogP) is 3.48. The van der Waals surface area contributed by atoms with Gasteiger partial charge in [0.1, 0.15) is 10.7 Å². The maximum Gasteiger partial charge on any atom is 0.263 e. The summed E-state index contributed by atoms with van der Waals surface area (Å²) in [5.74, 6) is -1.72. The van der Waals surface area contributed by atoms with Crippen molar-refractivity contribution in [1.29, 1.82) is 0 Å². The Balaban J connectivity index is 1.69. The van der Waals surface area contributed by atoms with E-state index in [1.54, 1.807) is 0 Å². The molecular formula is C18H16F2N4O2S. The lowest BCUT2D eigenvalue weighted by Crippen LogP contribution is -2.14. The van der Waals surface area contributed by atoms with Gasteiger partial charge in [-0.15, -0.1) is 0 Å². The van der Waals surface area contributed by atoms with Crippen molar-refractivity contribution in [2.24, 2.45) is 0 Å². The molecule has 0 radical (unpaired) electrons. The van der Waals surface area contributed by atoms with E-state index in [-0.39, 0.29) is 10.6 Å². The molecule has 0 aliphatic rings. The van der Waals surface area contributed by atoms with E-state index in [4.69, 9.17) is 0 Å². The molecular weight excluding hydrogens is 374 g/mol. The smallest absolute Gasteiger partial charge is 0.263 e. The summed E-state index contributed by atoms with van der Waals surface area (Å²) in [6.45, 7) is 2.33. The van der Waals surface area contributed by atoms with Crippen molar-refractivity contribution in [3.05, 3.63) is 77.8 Å². The normalized spacial score (nSPS) is 11.2. The zero-order valence-electron chi connectivity index (χ0n) is 14.3. The van der Waals surface area contributed by atoms with Crippen LogP contribution in [0.1, 0.15) is 11.4 Å². The van der Waals surface area contributed by atoms with Gasteiger partial charge in [0.25, 0.3) is 10.0 Å². The van der Waals surface area contributed by atoms with Crippen LogP contribution >= 0.6 is 0 Å². The zero-order valence-corrected chi connectivity index (χ0v) is 15.1. The fraction of sp³-hybridized carbons (Fsp3) is 0.111. The van der Waals surface area contributed by atoms with Gasteiger partial charge in [-0.25, -0.2) is 22.2 Å². The van der Waals surface area contributed by atoms with Gasteiger partial charge in [-0.3, -0.25) is 9.71 Å². The second kappa shape index (κ2) is 7.67. The van der Waals surface area contributed by atoms with Gasteiger partial charge in [-0.1, -0.05) is 6.07 Å². The molecule has 0 aliphatic heterocycles. The molecule has 2 aromatic heterocycles. The Morgan fingerprint density at radius 1 is 1.04 bits per heavy atom. The number of halogens is 2. The molecule has 0 fully saturated rings. The Kier molecular flexibility index (Phi) is 5.31. The average Bonchev–Trinajstić information content (AvgIpc) is 2.63. The number of sulfonamides is 1. The fourth-order valence-corrected chi connectivity index (χ4v) is 3.29. The van der Waals surface area contributed by atoms with E-state index in [0.717, 1.165) is 29.6 Å². The third-order valence-electron chi connectivity index (χ3n) is 3.62. The number of anilines is 2. The molecule has 2 heterocycles. The molecule has 0 saturated heterocycles. The Labute approximate surface area is 155 Å². The first-order chi connectivity index (χ1) is 12.8. The predicted molar refractivity (Wildman–Crippen MR) is 97.7 cm³/mol. The van der Waals surface area contributed by atoms with Crippen molar-refractivity contribution >= 4 is 21.5 Å². The number of nitrogens with zero attached hydrogens (tertiary/aromatic N) is 2. The van der Waals surface area contributed by atoms with Crippen molar-refractivity contribution in [2.45, 2.75) is 18.4 Å². The monoisotopic (exact) mass is 390 g/mol. The van der Waals surface area contributed by atoms with E-state index in [9.17, 15) is 17.2 Å². The molecule has 2 N–H and O–H groups in total. The van der Waals surface area contributed by atoms with Crippen LogP contribution in [0.15, 0.2) is 59.6 Å². The van der Waals surface area contributed by atoms with Gasteiger partial charge >= 0.3 is 0 Å². The summed E-state index contributed by atoms with van der Waals surface area (Å²) >= 11 is 0. The highest BCUT2D eigenvalue weighted by Crippen LogP contribution is 2.19. The van der Waals surface area contributed by atoms with Crippen LogP contribution in [0, 0.1) is 18.6 Å². The highest BCUT2D eigenvalue weighted by molar-refractivity contribution is 7.92. The number of hydrogen-bond donors (Lipinski definition) is 2. The van der Waals surface area contributed by atoms with Gasteiger partial charge in [0.15, 0.2) is 11.6 Å². The molecule has 0 spiro atoms. The van der Waals surface area contributed by atoms with Crippen molar-refractivity contribution in [3.63, 3.8) is 0 Å². The minimum absolute atomic E-state index is 0.0818. The molecule has 0 atom stereocenters. The molecule has 0 saturated carbocycles. The van der Waals surface area contributed by atoms with Gasteiger partial charge in [0, 0.05) is 18.0 Å². The number of aryl methyl sites for hydroxylation is 1. The quantitative estimate of drug-likeness (QED) is 0.673. The van der Waals surface area contributed by atoms with Crippen LogP contribution in [-0.2, 0) is 16.6 Å². The molecule has 27 heavy (non-hydrogen) atoms. The molecule has 3 rings (SSSR count). The molecule has 0 unspecified atom stereocenters. The van der Waals surface area contributed by atoms with Crippen LogP contribution in [0.2, 0.25) is 0 Å². The van der Waals surface area contributed by atoms with Crippen LogP contribution in [0.3, 0.4) is 0 Å².